The molecule has 0 radical (unpaired) electrons. The molecule has 3 rings (SSSR count). The number of aliphatic hydroxyl groups is 1. The van der Waals surface area contributed by atoms with Crippen molar-refractivity contribution in [2.24, 2.45) is 0 Å². The van der Waals surface area contributed by atoms with Gasteiger partial charge in [0.2, 0.25) is 0 Å². The Morgan fingerprint density at radius 2 is 2.16 bits per heavy atom. The number of halogens is 1. The minimum absolute atomic E-state index is 0.107. The van der Waals surface area contributed by atoms with E-state index < -0.39 is 5.60 Å². The zero-order chi connectivity index (χ0) is 18.0. The van der Waals surface area contributed by atoms with Gasteiger partial charge in [-0.1, -0.05) is 23.7 Å². The van der Waals surface area contributed by atoms with Crippen LogP contribution in [-0.4, -0.2) is 34.6 Å². The van der Waals surface area contributed by atoms with Gasteiger partial charge in [-0.3, -0.25) is 4.79 Å². The van der Waals surface area contributed by atoms with Gasteiger partial charge in [0.1, 0.15) is 0 Å². The van der Waals surface area contributed by atoms with E-state index in [-0.39, 0.29) is 12.5 Å². The van der Waals surface area contributed by atoms with E-state index in [9.17, 15) is 9.90 Å². The minimum atomic E-state index is -0.944. The van der Waals surface area contributed by atoms with Crippen LogP contribution in [0.15, 0.2) is 42.5 Å². The summed E-state index contributed by atoms with van der Waals surface area (Å²) in [5.41, 5.74) is 1.90. The summed E-state index contributed by atoms with van der Waals surface area (Å²) in [6.45, 7) is 2.62. The molecular formula is C20H19ClN2O2. The molecule has 1 unspecified atom stereocenters. The van der Waals surface area contributed by atoms with Crippen molar-refractivity contribution in [3.63, 3.8) is 0 Å². The van der Waals surface area contributed by atoms with Crippen molar-refractivity contribution in [1.82, 2.24) is 4.90 Å². The van der Waals surface area contributed by atoms with E-state index in [1.54, 1.807) is 29.2 Å². The van der Waals surface area contributed by atoms with E-state index >= 15 is 0 Å². The lowest BCUT2D eigenvalue weighted by Crippen LogP contribution is -2.38. The lowest BCUT2D eigenvalue weighted by molar-refractivity contribution is 0.0445. The Morgan fingerprint density at radius 3 is 2.84 bits per heavy atom. The number of benzene rings is 2. The molecule has 1 aliphatic heterocycles. The van der Waals surface area contributed by atoms with Gasteiger partial charge in [0.05, 0.1) is 23.8 Å². The molecule has 1 saturated heterocycles. The molecule has 1 aliphatic rings. The van der Waals surface area contributed by atoms with Crippen molar-refractivity contribution in [2.45, 2.75) is 25.4 Å². The largest absolute Gasteiger partial charge is 0.388 e. The molecule has 2 aromatic carbocycles. The number of hydrogen-bond acceptors (Lipinski definition) is 3. The van der Waals surface area contributed by atoms with Gasteiger partial charge >= 0.3 is 0 Å². The first-order valence-electron chi connectivity index (χ1n) is 8.17. The summed E-state index contributed by atoms with van der Waals surface area (Å²) in [5.74, 6) is -0.107. The predicted molar refractivity (Wildman–Crippen MR) is 96.5 cm³/mol. The van der Waals surface area contributed by atoms with Crippen molar-refractivity contribution < 1.29 is 9.90 Å². The number of aryl methyl sites for hydroxylation is 1. The van der Waals surface area contributed by atoms with Crippen molar-refractivity contribution in [2.75, 3.05) is 13.1 Å². The van der Waals surface area contributed by atoms with E-state index in [0.29, 0.717) is 35.5 Å². The fraction of sp³-hybridized carbons (Fsp3) is 0.300. The predicted octanol–water partition coefficient (Wildman–Crippen LogP) is 3.34. The first-order valence-corrected chi connectivity index (χ1v) is 8.55. The molecular weight excluding hydrogens is 336 g/mol. The maximum Gasteiger partial charge on any atom is 0.254 e. The van der Waals surface area contributed by atoms with Crippen LogP contribution in [0.2, 0.25) is 5.02 Å². The second-order valence-electron chi connectivity index (χ2n) is 6.65. The molecule has 0 saturated carbocycles. The van der Waals surface area contributed by atoms with Gasteiger partial charge in [0.15, 0.2) is 0 Å². The van der Waals surface area contributed by atoms with E-state index in [2.05, 4.69) is 6.07 Å². The second-order valence-corrected chi connectivity index (χ2v) is 7.09. The quantitative estimate of drug-likeness (QED) is 0.919. The molecule has 0 bridgehead atoms. The van der Waals surface area contributed by atoms with Crippen LogP contribution in [-0.2, 0) is 6.42 Å². The van der Waals surface area contributed by atoms with Gasteiger partial charge < -0.3 is 10.0 Å². The number of carbonyl (C=O) groups is 1. The highest BCUT2D eigenvalue weighted by Gasteiger charge is 2.38. The third-order valence-electron chi connectivity index (χ3n) is 4.63. The third-order valence-corrected chi connectivity index (χ3v) is 4.86. The molecule has 1 amide bonds. The molecule has 128 valence electrons. The monoisotopic (exact) mass is 354 g/mol. The Morgan fingerprint density at radius 1 is 1.36 bits per heavy atom. The average Bonchev–Trinajstić information content (AvgIpc) is 2.96. The smallest absolute Gasteiger partial charge is 0.254 e. The van der Waals surface area contributed by atoms with E-state index in [0.717, 1.165) is 11.1 Å². The number of likely N-dealkylation sites (tertiary alicyclic amines) is 1. The Hall–Kier alpha value is -2.35. The normalized spacial score (nSPS) is 19.7. The van der Waals surface area contributed by atoms with Crippen LogP contribution in [0.3, 0.4) is 0 Å². The zero-order valence-corrected chi connectivity index (χ0v) is 14.8. The lowest BCUT2D eigenvalue weighted by Gasteiger charge is -2.24. The van der Waals surface area contributed by atoms with Gasteiger partial charge in [-0.05, 0) is 54.8 Å². The van der Waals surface area contributed by atoms with Gasteiger partial charge in [-0.2, -0.15) is 5.26 Å². The lowest BCUT2D eigenvalue weighted by atomic mass is 9.94. The van der Waals surface area contributed by atoms with E-state index in [1.165, 1.54) is 0 Å². The van der Waals surface area contributed by atoms with Crippen LogP contribution in [0.4, 0.5) is 0 Å². The van der Waals surface area contributed by atoms with Crippen LogP contribution in [0.25, 0.3) is 0 Å². The summed E-state index contributed by atoms with van der Waals surface area (Å²) < 4.78 is 0. The summed E-state index contributed by atoms with van der Waals surface area (Å²) in [5, 5.41) is 20.5. The van der Waals surface area contributed by atoms with Gasteiger partial charge in [-0.15, -0.1) is 0 Å². The Labute approximate surface area is 152 Å². The molecule has 2 aromatic rings. The number of nitrogens with zero attached hydrogens (tertiary/aromatic N) is 2. The molecule has 1 N–H and O–H groups in total. The third kappa shape index (κ3) is 3.84. The van der Waals surface area contributed by atoms with Crippen molar-refractivity contribution in [3.8, 4) is 6.07 Å². The Kier molecular flexibility index (Phi) is 4.80. The molecule has 1 heterocycles. The van der Waals surface area contributed by atoms with Crippen molar-refractivity contribution in [3.05, 3.63) is 69.7 Å². The molecule has 0 aromatic heterocycles. The maximum atomic E-state index is 12.8. The number of rotatable bonds is 3. The van der Waals surface area contributed by atoms with E-state index in [4.69, 9.17) is 16.9 Å². The highest BCUT2D eigenvalue weighted by atomic mass is 35.5. The fourth-order valence-corrected chi connectivity index (χ4v) is 3.56. The molecule has 0 spiro atoms. The zero-order valence-electron chi connectivity index (χ0n) is 14.0. The van der Waals surface area contributed by atoms with Crippen LogP contribution in [0.5, 0.6) is 0 Å². The highest BCUT2D eigenvalue weighted by molar-refractivity contribution is 6.30. The molecule has 1 fully saturated rings. The van der Waals surface area contributed by atoms with Crippen molar-refractivity contribution >= 4 is 17.5 Å². The molecule has 1 atom stereocenters. The van der Waals surface area contributed by atoms with Crippen LogP contribution < -0.4 is 0 Å². The number of carbonyl (C=O) groups excluding carboxylic acids is 1. The summed E-state index contributed by atoms with van der Waals surface area (Å²) in [7, 11) is 0. The van der Waals surface area contributed by atoms with Crippen LogP contribution in [0, 0.1) is 18.3 Å². The topological polar surface area (TPSA) is 64.3 Å². The number of hydrogen-bond donors (Lipinski definition) is 1. The average molecular weight is 355 g/mol. The fourth-order valence-electron chi connectivity index (χ4n) is 3.34. The summed E-state index contributed by atoms with van der Waals surface area (Å²) >= 11 is 6.01. The Bertz CT molecular complexity index is 859. The SMILES string of the molecule is Cc1cc(C#N)ccc1C(=O)N1CCC(O)(Cc2cccc(Cl)c2)C1. The van der Waals surface area contributed by atoms with E-state index in [1.807, 2.05) is 25.1 Å². The van der Waals surface area contributed by atoms with Gasteiger partial charge in [-0.25, -0.2) is 0 Å². The first-order chi connectivity index (χ1) is 11.9. The van der Waals surface area contributed by atoms with Crippen LogP contribution in [0.1, 0.15) is 33.5 Å². The molecule has 0 aliphatic carbocycles. The number of amides is 1. The molecule has 5 heteroatoms. The number of nitriles is 1. The standard InChI is InChI=1S/C20H19ClN2O2/c1-14-9-16(12-22)5-6-18(14)19(24)23-8-7-20(25,13-23)11-15-3-2-4-17(21)10-15/h2-6,9-10,25H,7-8,11,13H2,1H3. The number of β-amino-alcohol motifs (C(OH)–C–C–N with tert-alkyl or cyclic N) is 1. The second kappa shape index (κ2) is 6.87. The maximum absolute atomic E-state index is 12.8. The van der Waals surface area contributed by atoms with Crippen molar-refractivity contribution in [1.29, 1.82) is 5.26 Å². The Balaban J connectivity index is 1.73. The first kappa shape index (κ1) is 17.5. The minimum Gasteiger partial charge on any atom is -0.388 e. The summed E-state index contributed by atoms with van der Waals surface area (Å²) in [6.07, 6.45) is 0.990. The van der Waals surface area contributed by atoms with Gasteiger partial charge in [0.25, 0.3) is 5.91 Å². The molecule has 4 nitrogen and oxygen atoms in total. The van der Waals surface area contributed by atoms with Crippen LogP contribution >= 0.6 is 11.6 Å². The highest BCUT2D eigenvalue weighted by Crippen LogP contribution is 2.28. The molecule has 25 heavy (non-hydrogen) atoms. The summed E-state index contributed by atoms with van der Waals surface area (Å²) in [4.78, 5) is 14.5. The van der Waals surface area contributed by atoms with Gasteiger partial charge in [0, 0.05) is 23.6 Å². The summed E-state index contributed by atoms with van der Waals surface area (Å²) in [6, 6.07) is 14.5.